The SMILES string of the molecule is CC1(C)c2ccccc2-c2ccc(N(c3ccc4c(c3)C(c3ccccc3)(c3ccccc3)c3ccc5ccccc5c3-4)c3cccc4c3-c3ccccc3C43c4ccccc4-n4c5ccccc5c5cccc3c54)cc21. The van der Waals surface area contributed by atoms with Gasteiger partial charge in [-0.25, -0.2) is 0 Å². The van der Waals surface area contributed by atoms with Gasteiger partial charge < -0.3 is 9.47 Å². The van der Waals surface area contributed by atoms with Crippen molar-refractivity contribution in [1.29, 1.82) is 0 Å². The molecule has 360 valence electrons. The number of hydrogen-bond acceptors (Lipinski definition) is 1. The Bertz CT molecular complexity index is 4630. The van der Waals surface area contributed by atoms with E-state index >= 15 is 0 Å². The van der Waals surface area contributed by atoms with E-state index in [1.165, 1.54) is 127 Å². The zero-order valence-electron chi connectivity index (χ0n) is 42.8. The molecule has 0 fully saturated rings. The van der Waals surface area contributed by atoms with Crippen molar-refractivity contribution < 1.29 is 0 Å². The number of rotatable bonds is 5. The molecule has 2 nitrogen and oxygen atoms in total. The third-order valence-corrected chi connectivity index (χ3v) is 18.4. The number of benzene rings is 12. The highest BCUT2D eigenvalue weighted by Crippen LogP contribution is 2.65. The van der Waals surface area contributed by atoms with Gasteiger partial charge in [-0.1, -0.05) is 238 Å². The van der Waals surface area contributed by atoms with Crippen LogP contribution in [-0.4, -0.2) is 4.57 Å². The molecule has 3 aliphatic carbocycles. The number of para-hydroxylation sites is 3. The fourth-order valence-corrected chi connectivity index (χ4v) is 15.4. The van der Waals surface area contributed by atoms with Crippen molar-refractivity contribution >= 4 is 49.6 Å². The highest BCUT2D eigenvalue weighted by Gasteiger charge is 2.52. The Morgan fingerprint density at radius 2 is 0.870 bits per heavy atom. The van der Waals surface area contributed by atoms with Gasteiger partial charge >= 0.3 is 0 Å². The minimum absolute atomic E-state index is 0.206. The van der Waals surface area contributed by atoms with Crippen LogP contribution in [-0.2, 0) is 16.2 Å². The summed E-state index contributed by atoms with van der Waals surface area (Å²) >= 11 is 0. The van der Waals surface area contributed by atoms with Crippen LogP contribution in [0.4, 0.5) is 17.1 Å². The van der Waals surface area contributed by atoms with Crippen molar-refractivity contribution in [3.05, 3.63) is 323 Å². The van der Waals surface area contributed by atoms with E-state index in [0.717, 1.165) is 17.1 Å². The van der Waals surface area contributed by atoms with E-state index in [0.29, 0.717) is 0 Å². The summed E-state index contributed by atoms with van der Waals surface area (Å²) in [7, 11) is 0. The van der Waals surface area contributed by atoms with Gasteiger partial charge in [-0.15, -0.1) is 0 Å². The third kappa shape index (κ3) is 5.30. The smallest absolute Gasteiger partial charge is 0.0755 e. The van der Waals surface area contributed by atoms with Crippen molar-refractivity contribution in [1.82, 2.24) is 4.57 Å². The van der Waals surface area contributed by atoms with Crippen LogP contribution in [0.1, 0.15) is 69.5 Å². The molecule has 0 amide bonds. The first-order valence-corrected chi connectivity index (χ1v) is 27.2. The summed E-state index contributed by atoms with van der Waals surface area (Å²) in [4.78, 5) is 2.61. The molecule has 77 heavy (non-hydrogen) atoms. The molecule has 0 N–H and O–H groups in total. The van der Waals surface area contributed by atoms with Crippen molar-refractivity contribution in [3.8, 4) is 39.1 Å². The average molecular weight is 979 g/mol. The molecule has 2 heterocycles. The zero-order chi connectivity index (χ0) is 50.8. The maximum absolute atomic E-state index is 2.61. The number of nitrogens with zero attached hydrogens (tertiary/aromatic N) is 2. The van der Waals surface area contributed by atoms with E-state index in [1.807, 2.05) is 0 Å². The maximum Gasteiger partial charge on any atom is 0.0755 e. The summed E-state index contributed by atoms with van der Waals surface area (Å²) in [6.07, 6.45) is 0. The zero-order valence-corrected chi connectivity index (χ0v) is 42.8. The third-order valence-electron chi connectivity index (χ3n) is 18.4. The van der Waals surface area contributed by atoms with Crippen LogP contribution >= 0.6 is 0 Å². The fraction of sp³-hybridized carbons (Fsp3) is 0.0667. The van der Waals surface area contributed by atoms with Gasteiger partial charge in [0.25, 0.3) is 0 Å². The van der Waals surface area contributed by atoms with Crippen molar-refractivity contribution in [3.63, 3.8) is 0 Å². The summed E-state index contributed by atoms with van der Waals surface area (Å²) in [5.41, 5.74) is 26.5. The monoisotopic (exact) mass is 978 g/mol. The van der Waals surface area contributed by atoms with Crippen LogP contribution in [0.5, 0.6) is 0 Å². The van der Waals surface area contributed by atoms with Gasteiger partial charge in [0.1, 0.15) is 0 Å². The van der Waals surface area contributed by atoms with Crippen molar-refractivity contribution in [2.45, 2.75) is 30.1 Å². The summed E-state index contributed by atoms with van der Waals surface area (Å²) in [6, 6.07) is 102. The Morgan fingerprint density at radius 3 is 1.66 bits per heavy atom. The first-order valence-electron chi connectivity index (χ1n) is 27.2. The predicted molar refractivity (Wildman–Crippen MR) is 319 cm³/mol. The summed E-state index contributed by atoms with van der Waals surface area (Å²) in [6.45, 7) is 4.80. The second kappa shape index (κ2) is 15.3. The first-order chi connectivity index (χ1) is 38.0. The molecule has 0 saturated heterocycles. The molecule has 17 rings (SSSR count). The molecule has 1 atom stereocenters. The van der Waals surface area contributed by atoms with Gasteiger partial charge in [-0.3, -0.25) is 0 Å². The van der Waals surface area contributed by atoms with Gasteiger partial charge in [-0.2, -0.15) is 0 Å². The van der Waals surface area contributed by atoms with Crippen LogP contribution in [0.2, 0.25) is 0 Å². The van der Waals surface area contributed by atoms with Gasteiger partial charge in [0.15, 0.2) is 0 Å². The van der Waals surface area contributed by atoms with E-state index in [-0.39, 0.29) is 5.41 Å². The summed E-state index contributed by atoms with van der Waals surface area (Å²) < 4.78 is 2.54. The Hall–Kier alpha value is -9.50. The van der Waals surface area contributed by atoms with Gasteiger partial charge in [0, 0.05) is 33.1 Å². The molecule has 12 aromatic carbocycles. The molecule has 0 saturated carbocycles. The van der Waals surface area contributed by atoms with Crippen molar-refractivity contribution in [2.24, 2.45) is 0 Å². The molecule has 1 aromatic heterocycles. The Morgan fingerprint density at radius 1 is 0.325 bits per heavy atom. The lowest BCUT2D eigenvalue weighted by Crippen LogP contribution is -2.33. The fourth-order valence-electron chi connectivity index (χ4n) is 15.4. The minimum Gasteiger partial charge on any atom is -0.310 e. The molecule has 2 heteroatoms. The van der Waals surface area contributed by atoms with E-state index < -0.39 is 10.8 Å². The van der Waals surface area contributed by atoms with Crippen LogP contribution in [0.3, 0.4) is 0 Å². The number of hydrogen-bond donors (Lipinski definition) is 0. The molecule has 0 bridgehead atoms. The van der Waals surface area contributed by atoms with E-state index in [4.69, 9.17) is 0 Å². The normalized spacial score (nSPS) is 16.2. The van der Waals surface area contributed by atoms with Crippen LogP contribution in [0.25, 0.3) is 71.6 Å². The maximum atomic E-state index is 2.61. The van der Waals surface area contributed by atoms with E-state index in [9.17, 15) is 0 Å². The van der Waals surface area contributed by atoms with Gasteiger partial charge in [0.05, 0.1) is 33.2 Å². The molecule has 1 spiro atoms. The molecular weight excluding hydrogens is 929 g/mol. The van der Waals surface area contributed by atoms with Crippen LogP contribution in [0.15, 0.2) is 267 Å². The molecule has 0 radical (unpaired) electrons. The standard InChI is InChI=1S/C75H50N2/c1-73(2)59-31-14-11-27-53(59)54-42-40-50(45-65(54)73)76(51-41-43-58-66(46-51)74(48-22-5-3-6-23-48,49-24-7-4-8-25-49)63-44-39-47-21-9-10-26-52(47)70(58)63)69-38-20-34-62-71(69)57-29-12-15-32-60(57)75(62)61-33-16-18-37-68(61)77-67-36-17-13-28-55(67)56-30-19-35-64(75)72(56)77/h3-46H,1-2H3. The quantitative estimate of drug-likeness (QED) is 0.167. The topological polar surface area (TPSA) is 8.17 Å². The lowest BCUT2D eigenvalue weighted by Gasteiger charge is -2.39. The number of fused-ring (bicyclic) bond motifs is 20. The van der Waals surface area contributed by atoms with Crippen molar-refractivity contribution in [2.75, 3.05) is 4.90 Å². The van der Waals surface area contributed by atoms with Crippen LogP contribution in [0, 0.1) is 0 Å². The minimum atomic E-state index is -0.612. The highest BCUT2D eigenvalue weighted by atomic mass is 15.1. The highest BCUT2D eigenvalue weighted by molar-refractivity contribution is 6.13. The Labute approximate surface area is 448 Å². The average Bonchev–Trinajstić information content (AvgIpc) is 4.24. The first kappa shape index (κ1) is 42.8. The molecular formula is C75H50N2. The van der Waals surface area contributed by atoms with Gasteiger partial charge in [0.2, 0.25) is 0 Å². The Balaban J connectivity index is 0.990. The number of aromatic nitrogens is 1. The molecule has 4 aliphatic rings. The van der Waals surface area contributed by atoms with E-state index in [1.54, 1.807) is 0 Å². The summed E-state index contributed by atoms with van der Waals surface area (Å²) in [5.74, 6) is 0. The lowest BCUT2D eigenvalue weighted by atomic mass is 9.65. The molecule has 13 aromatic rings. The van der Waals surface area contributed by atoms with Crippen LogP contribution < -0.4 is 4.90 Å². The number of anilines is 3. The lowest BCUT2D eigenvalue weighted by molar-refractivity contribution is 0.660. The largest absolute Gasteiger partial charge is 0.310 e. The second-order valence-corrected chi connectivity index (χ2v) is 22.2. The Kier molecular flexibility index (Phi) is 8.51. The second-order valence-electron chi connectivity index (χ2n) is 22.2. The predicted octanol–water partition coefficient (Wildman–Crippen LogP) is 18.8. The molecule has 1 unspecified atom stereocenters. The molecule has 1 aliphatic heterocycles. The van der Waals surface area contributed by atoms with E-state index in [2.05, 4.69) is 290 Å². The van der Waals surface area contributed by atoms with Gasteiger partial charge in [-0.05, 0) is 137 Å². The summed E-state index contributed by atoms with van der Waals surface area (Å²) in [5, 5.41) is 5.08.